The van der Waals surface area contributed by atoms with Crippen LogP contribution in [0.15, 0.2) is 0 Å². The molecule has 0 bridgehead atoms. The molecule has 1 saturated heterocycles. The van der Waals surface area contributed by atoms with E-state index in [0.29, 0.717) is 4.99 Å². The zero-order valence-electron chi connectivity index (χ0n) is 11.3. The number of piperazine rings is 1. The molecular weight excluding hydrogens is 230 g/mol. The average Bonchev–Trinajstić information content (AvgIpc) is 2.25. The highest BCUT2D eigenvalue weighted by molar-refractivity contribution is 7.80. The summed E-state index contributed by atoms with van der Waals surface area (Å²) >= 11 is 4.88. The SMILES string of the molecule is CC(C)CN1CCN(CCCCC(N)=S)CC1. The summed E-state index contributed by atoms with van der Waals surface area (Å²) in [6.45, 7) is 11.9. The van der Waals surface area contributed by atoms with Crippen molar-refractivity contribution in [1.82, 2.24) is 9.80 Å². The Morgan fingerprint density at radius 3 is 2.24 bits per heavy atom. The average molecular weight is 257 g/mol. The molecule has 0 saturated carbocycles. The van der Waals surface area contributed by atoms with Crippen LogP contribution in [-0.2, 0) is 0 Å². The Labute approximate surface area is 111 Å². The van der Waals surface area contributed by atoms with Crippen molar-refractivity contribution in [2.24, 2.45) is 11.7 Å². The van der Waals surface area contributed by atoms with E-state index in [1.54, 1.807) is 0 Å². The van der Waals surface area contributed by atoms with Crippen LogP contribution in [0.4, 0.5) is 0 Å². The van der Waals surface area contributed by atoms with Gasteiger partial charge >= 0.3 is 0 Å². The van der Waals surface area contributed by atoms with Gasteiger partial charge in [0.2, 0.25) is 0 Å². The molecule has 0 aliphatic carbocycles. The van der Waals surface area contributed by atoms with Crippen molar-refractivity contribution in [2.75, 3.05) is 39.3 Å². The molecule has 2 N–H and O–H groups in total. The fourth-order valence-electron chi connectivity index (χ4n) is 2.35. The minimum Gasteiger partial charge on any atom is -0.393 e. The van der Waals surface area contributed by atoms with E-state index in [0.717, 1.165) is 18.8 Å². The molecule has 4 heteroatoms. The van der Waals surface area contributed by atoms with Crippen LogP contribution >= 0.6 is 12.2 Å². The van der Waals surface area contributed by atoms with Crippen molar-refractivity contribution in [3.63, 3.8) is 0 Å². The van der Waals surface area contributed by atoms with Gasteiger partial charge < -0.3 is 15.5 Å². The first-order valence-corrected chi connectivity index (χ1v) is 7.21. The van der Waals surface area contributed by atoms with E-state index >= 15 is 0 Å². The summed E-state index contributed by atoms with van der Waals surface area (Å²) in [5, 5.41) is 0. The zero-order chi connectivity index (χ0) is 12.7. The first-order valence-electron chi connectivity index (χ1n) is 6.81. The summed E-state index contributed by atoms with van der Waals surface area (Å²) < 4.78 is 0. The summed E-state index contributed by atoms with van der Waals surface area (Å²) in [4.78, 5) is 5.80. The second-order valence-electron chi connectivity index (χ2n) is 5.46. The maximum atomic E-state index is 5.49. The number of thiocarbonyl (C=S) groups is 1. The summed E-state index contributed by atoms with van der Waals surface area (Å²) in [5.41, 5.74) is 5.49. The van der Waals surface area contributed by atoms with E-state index in [4.69, 9.17) is 18.0 Å². The number of nitrogens with zero attached hydrogens (tertiary/aromatic N) is 2. The van der Waals surface area contributed by atoms with E-state index in [2.05, 4.69) is 23.6 Å². The third kappa shape index (κ3) is 6.96. The Hall–Kier alpha value is -0.190. The standard InChI is InChI=1S/C13H27N3S/c1-12(2)11-16-9-7-15(8-10-16)6-4-3-5-13(14)17/h12H,3-11H2,1-2H3,(H2,14,17). The molecule has 100 valence electrons. The van der Waals surface area contributed by atoms with Gasteiger partial charge in [0.05, 0.1) is 4.99 Å². The summed E-state index contributed by atoms with van der Waals surface area (Å²) in [7, 11) is 0. The van der Waals surface area contributed by atoms with Crippen LogP contribution in [0.5, 0.6) is 0 Å². The fraction of sp³-hybridized carbons (Fsp3) is 0.923. The van der Waals surface area contributed by atoms with Gasteiger partial charge in [-0.1, -0.05) is 26.1 Å². The molecule has 0 unspecified atom stereocenters. The molecule has 1 aliphatic rings. The van der Waals surface area contributed by atoms with Gasteiger partial charge in [-0.15, -0.1) is 0 Å². The smallest absolute Gasteiger partial charge is 0.0727 e. The molecule has 0 aromatic heterocycles. The topological polar surface area (TPSA) is 32.5 Å². The van der Waals surface area contributed by atoms with Gasteiger partial charge in [-0.2, -0.15) is 0 Å². The second-order valence-corrected chi connectivity index (χ2v) is 5.98. The van der Waals surface area contributed by atoms with Gasteiger partial charge in [-0.25, -0.2) is 0 Å². The fourth-order valence-corrected chi connectivity index (χ4v) is 2.49. The molecule has 3 nitrogen and oxygen atoms in total. The molecule has 1 heterocycles. The highest BCUT2D eigenvalue weighted by Crippen LogP contribution is 2.07. The summed E-state index contributed by atoms with van der Waals surface area (Å²) in [6, 6.07) is 0. The first kappa shape index (κ1) is 14.9. The number of hydrogen-bond donors (Lipinski definition) is 1. The predicted molar refractivity (Wildman–Crippen MR) is 78.4 cm³/mol. The van der Waals surface area contributed by atoms with Crippen molar-refractivity contribution in [2.45, 2.75) is 33.1 Å². The van der Waals surface area contributed by atoms with Crippen molar-refractivity contribution in [3.8, 4) is 0 Å². The van der Waals surface area contributed by atoms with Gasteiger partial charge in [0.25, 0.3) is 0 Å². The van der Waals surface area contributed by atoms with Crippen molar-refractivity contribution >= 4 is 17.2 Å². The molecular formula is C13H27N3S. The molecule has 17 heavy (non-hydrogen) atoms. The predicted octanol–water partition coefficient (Wildman–Crippen LogP) is 1.72. The zero-order valence-corrected chi connectivity index (χ0v) is 12.1. The third-order valence-electron chi connectivity index (χ3n) is 3.24. The molecule has 0 atom stereocenters. The van der Waals surface area contributed by atoms with Crippen molar-refractivity contribution in [1.29, 1.82) is 0 Å². The highest BCUT2D eigenvalue weighted by atomic mass is 32.1. The van der Waals surface area contributed by atoms with Crippen LogP contribution in [0.3, 0.4) is 0 Å². The maximum absolute atomic E-state index is 5.49. The van der Waals surface area contributed by atoms with Gasteiger partial charge in [0, 0.05) is 32.7 Å². The van der Waals surface area contributed by atoms with Gasteiger partial charge in [0.15, 0.2) is 0 Å². The Morgan fingerprint density at radius 2 is 1.71 bits per heavy atom. The Bertz CT molecular complexity index is 223. The van der Waals surface area contributed by atoms with Crippen LogP contribution in [0.2, 0.25) is 0 Å². The van der Waals surface area contributed by atoms with E-state index < -0.39 is 0 Å². The Balaban J connectivity index is 2.04. The maximum Gasteiger partial charge on any atom is 0.0727 e. The number of hydrogen-bond acceptors (Lipinski definition) is 3. The molecule has 0 spiro atoms. The highest BCUT2D eigenvalue weighted by Gasteiger charge is 2.16. The van der Waals surface area contributed by atoms with Gasteiger partial charge in [-0.05, 0) is 31.7 Å². The van der Waals surface area contributed by atoms with Crippen LogP contribution in [-0.4, -0.2) is 54.1 Å². The van der Waals surface area contributed by atoms with Gasteiger partial charge in [0.1, 0.15) is 0 Å². The minimum absolute atomic E-state index is 0.659. The molecule has 1 rings (SSSR count). The number of unbranched alkanes of at least 4 members (excludes halogenated alkanes) is 1. The van der Waals surface area contributed by atoms with E-state index in [9.17, 15) is 0 Å². The van der Waals surface area contributed by atoms with Crippen LogP contribution in [0.25, 0.3) is 0 Å². The van der Waals surface area contributed by atoms with Crippen LogP contribution in [0, 0.1) is 5.92 Å². The van der Waals surface area contributed by atoms with Crippen LogP contribution in [0.1, 0.15) is 33.1 Å². The Kier molecular flexibility index (Phi) is 7.00. The Morgan fingerprint density at radius 1 is 1.12 bits per heavy atom. The molecule has 1 aliphatic heterocycles. The largest absolute Gasteiger partial charge is 0.393 e. The molecule has 0 aromatic carbocycles. The number of rotatable bonds is 7. The molecule has 1 fully saturated rings. The molecule has 0 amide bonds. The second kappa shape index (κ2) is 8.01. The third-order valence-corrected chi connectivity index (χ3v) is 3.44. The lowest BCUT2D eigenvalue weighted by atomic mass is 10.2. The quantitative estimate of drug-likeness (QED) is 0.556. The first-order chi connectivity index (χ1) is 8.08. The van der Waals surface area contributed by atoms with E-state index in [1.165, 1.54) is 45.7 Å². The lowest BCUT2D eigenvalue weighted by Gasteiger charge is -2.35. The number of nitrogens with two attached hydrogens (primary N) is 1. The van der Waals surface area contributed by atoms with Gasteiger partial charge in [-0.3, -0.25) is 0 Å². The van der Waals surface area contributed by atoms with Crippen LogP contribution < -0.4 is 5.73 Å². The minimum atomic E-state index is 0.659. The van der Waals surface area contributed by atoms with Crippen molar-refractivity contribution in [3.05, 3.63) is 0 Å². The van der Waals surface area contributed by atoms with Crippen molar-refractivity contribution < 1.29 is 0 Å². The lowest BCUT2D eigenvalue weighted by molar-refractivity contribution is 0.121. The summed E-state index contributed by atoms with van der Waals surface area (Å²) in [6.07, 6.45) is 3.27. The molecule has 0 radical (unpaired) electrons. The van der Waals surface area contributed by atoms with E-state index in [1.807, 2.05) is 0 Å². The summed E-state index contributed by atoms with van der Waals surface area (Å²) in [5.74, 6) is 0.784. The molecule has 0 aromatic rings. The monoisotopic (exact) mass is 257 g/mol. The lowest BCUT2D eigenvalue weighted by Crippen LogP contribution is -2.47. The van der Waals surface area contributed by atoms with E-state index in [-0.39, 0.29) is 0 Å². The normalized spacial score (nSPS) is 18.8.